The Kier molecular flexibility index (Phi) is 4.85. The van der Waals surface area contributed by atoms with Crippen LogP contribution in [0.4, 0.5) is 0 Å². The first-order valence-electron chi connectivity index (χ1n) is 10.1. The summed E-state index contributed by atoms with van der Waals surface area (Å²) in [5.74, 6) is 0.550. The average Bonchev–Trinajstić information content (AvgIpc) is 3.34. The van der Waals surface area contributed by atoms with Crippen LogP contribution in [0.3, 0.4) is 0 Å². The first kappa shape index (κ1) is 17.8. The molecular formula is C24H25NO3. The predicted octanol–water partition coefficient (Wildman–Crippen LogP) is 3.37. The van der Waals surface area contributed by atoms with E-state index in [2.05, 4.69) is 29.2 Å². The number of nitrogens with zero attached hydrogens (tertiary/aromatic N) is 1. The number of ketones is 1. The molecule has 2 aromatic carbocycles. The molecule has 4 nitrogen and oxygen atoms in total. The quantitative estimate of drug-likeness (QED) is 0.776. The second-order valence-corrected chi connectivity index (χ2v) is 8.01. The van der Waals surface area contributed by atoms with Crippen molar-refractivity contribution in [2.45, 2.75) is 37.9 Å². The van der Waals surface area contributed by atoms with E-state index in [1.54, 1.807) is 0 Å². The van der Waals surface area contributed by atoms with E-state index >= 15 is 0 Å². The van der Waals surface area contributed by atoms with E-state index in [-0.39, 0.29) is 24.0 Å². The maximum Gasteiger partial charge on any atom is 0.156 e. The van der Waals surface area contributed by atoms with Crippen LogP contribution in [0.2, 0.25) is 0 Å². The summed E-state index contributed by atoms with van der Waals surface area (Å²) < 4.78 is 12.8. The lowest BCUT2D eigenvalue weighted by Gasteiger charge is -2.27. The van der Waals surface area contributed by atoms with E-state index in [1.165, 1.54) is 16.7 Å². The fourth-order valence-corrected chi connectivity index (χ4v) is 4.89. The summed E-state index contributed by atoms with van der Waals surface area (Å²) in [5, 5.41) is 0. The smallest absolute Gasteiger partial charge is 0.156 e. The molecule has 0 aromatic heterocycles. The second kappa shape index (κ2) is 7.63. The molecule has 2 aromatic rings. The molecule has 4 heteroatoms. The summed E-state index contributed by atoms with van der Waals surface area (Å²) >= 11 is 0. The molecule has 0 N–H and O–H groups in total. The van der Waals surface area contributed by atoms with Gasteiger partial charge >= 0.3 is 0 Å². The van der Waals surface area contributed by atoms with Gasteiger partial charge in [-0.25, -0.2) is 0 Å². The van der Waals surface area contributed by atoms with Crippen molar-refractivity contribution in [3.8, 4) is 0 Å². The predicted molar refractivity (Wildman–Crippen MR) is 107 cm³/mol. The summed E-state index contributed by atoms with van der Waals surface area (Å²) in [7, 11) is 0. The maximum atomic E-state index is 12.0. The number of hydrogen-bond donors (Lipinski definition) is 0. The van der Waals surface area contributed by atoms with Gasteiger partial charge in [0, 0.05) is 31.5 Å². The van der Waals surface area contributed by atoms with Gasteiger partial charge in [0.05, 0.1) is 19.3 Å². The van der Waals surface area contributed by atoms with E-state index in [0.717, 1.165) is 13.1 Å². The van der Waals surface area contributed by atoms with Crippen LogP contribution in [0.1, 0.15) is 17.5 Å². The van der Waals surface area contributed by atoms with Gasteiger partial charge in [-0.2, -0.15) is 0 Å². The largest absolute Gasteiger partial charge is 0.369 e. The van der Waals surface area contributed by atoms with Crippen molar-refractivity contribution in [2.24, 2.45) is 5.92 Å². The highest BCUT2D eigenvalue weighted by molar-refractivity contribution is 5.94. The summed E-state index contributed by atoms with van der Waals surface area (Å²) in [6.45, 7) is 2.89. The number of carbonyl (C=O) groups excluding carboxylic acids is 1. The molecule has 0 amide bonds. The minimum absolute atomic E-state index is 0.0196. The molecule has 2 aliphatic heterocycles. The van der Waals surface area contributed by atoms with Crippen molar-refractivity contribution in [3.05, 3.63) is 83.4 Å². The first-order valence-corrected chi connectivity index (χ1v) is 10.1. The zero-order valence-electron chi connectivity index (χ0n) is 15.9. The Morgan fingerprint density at radius 2 is 1.54 bits per heavy atom. The number of fused-ring (bicyclic) bond motifs is 3. The highest BCUT2D eigenvalue weighted by Crippen LogP contribution is 2.43. The molecule has 4 atom stereocenters. The van der Waals surface area contributed by atoms with Crippen LogP contribution < -0.4 is 0 Å². The molecule has 0 radical (unpaired) electrons. The lowest BCUT2D eigenvalue weighted by Crippen LogP contribution is -2.39. The van der Waals surface area contributed by atoms with Crippen LogP contribution in [0, 0.1) is 5.92 Å². The van der Waals surface area contributed by atoms with Crippen LogP contribution in [0.5, 0.6) is 0 Å². The molecule has 3 aliphatic rings. The van der Waals surface area contributed by atoms with Gasteiger partial charge in [-0.05, 0) is 22.8 Å². The number of ether oxygens (including phenoxy) is 2. The van der Waals surface area contributed by atoms with Crippen molar-refractivity contribution < 1.29 is 14.3 Å². The van der Waals surface area contributed by atoms with Crippen molar-refractivity contribution in [1.29, 1.82) is 0 Å². The van der Waals surface area contributed by atoms with E-state index in [9.17, 15) is 4.79 Å². The lowest BCUT2D eigenvalue weighted by molar-refractivity contribution is -0.115. The maximum absolute atomic E-state index is 12.0. The van der Waals surface area contributed by atoms with E-state index in [0.29, 0.717) is 25.6 Å². The van der Waals surface area contributed by atoms with E-state index < -0.39 is 0 Å². The summed E-state index contributed by atoms with van der Waals surface area (Å²) in [6, 6.07) is 20.8. The van der Waals surface area contributed by atoms with Crippen LogP contribution in [-0.4, -0.2) is 42.0 Å². The standard InChI is InChI=1S/C24H25NO3/c26-20-11-19-13-25-14-22(27-15-17-7-3-1-4-8-17)24(23(25)21(19)12-20)28-16-18-9-5-2-6-10-18/h1-11,21-24H,12-16H2/t21-,22-,23-,24+/m0/s1. The molecule has 5 rings (SSSR count). The van der Waals surface area contributed by atoms with Gasteiger partial charge in [-0.15, -0.1) is 0 Å². The normalized spacial score (nSPS) is 29.0. The summed E-state index contributed by atoms with van der Waals surface area (Å²) in [6.07, 6.45) is 2.47. The fraction of sp³-hybridized carbons (Fsp3) is 0.375. The Morgan fingerprint density at radius 1 is 0.893 bits per heavy atom. The van der Waals surface area contributed by atoms with Gasteiger partial charge in [-0.3, -0.25) is 9.69 Å². The number of allylic oxidation sites excluding steroid dienone is 1. The fourth-order valence-electron chi connectivity index (χ4n) is 4.89. The third-order valence-electron chi connectivity index (χ3n) is 6.17. The van der Waals surface area contributed by atoms with Crippen molar-refractivity contribution in [3.63, 3.8) is 0 Å². The molecular weight excluding hydrogens is 350 g/mol. The average molecular weight is 375 g/mol. The third kappa shape index (κ3) is 3.44. The Bertz CT molecular complexity index is 864. The molecule has 2 saturated heterocycles. The SMILES string of the molecule is O=C1C=C2CN3C[C@H](OCc4ccccc4)[C@@H](OCc4ccccc4)[C@@H]3[C@H]2C1. The van der Waals surface area contributed by atoms with Crippen molar-refractivity contribution in [2.75, 3.05) is 13.1 Å². The Hall–Kier alpha value is -2.27. The topological polar surface area (TPSA) is 38.8 Å². The van der Waals surface area contributed by atoms with Gasteiger partial charge in [-0.1, -0.05) is 60.7 Å². The van der Waals surface area contributed by atoms with Crippen LogP contribution >= 0.6 is 0 Å². The highest BCUT2D eigenvalue weighted by Gasteiger charge is 2.53. The highest BCUT2D eigenvalue weighted by atomic mass is 16.5. The van der Waals surface area contributed by atoms with Crippen LogP contribution in [0.15, 0.2) is 72.3 Å². The van der Waals surface area contributed by atoms with Gasteiger partial charge in [0.2, 0.25) is 0 Å². The zero-order valence-corrected chi connectivity index (χ0v) is 15.9. The molecule has 144 valence electrons. The number of benzene rings is 2. The molecule has 2 fully saturated rings. The third-order valence-corrected chi connectivity index (χ3v) is 6.17. The monoisotopic (exact) mass is 375 g/mol. The number of carbonyl (C=O) groups is 1. The number of rotatable bonds is 6. The van der Waals surface area contributed by atoms with E-state index in [4.69, 9.17) is 9.47 Å². The molecule has 0 saturated carbocycles. The summed E-state index contributed by atoms with van der Waals surface area (Å²) in [4.78, 5) is 14.4. The van der Waals surface area contributed by atoms with E-state index in [1.807, 2.05) is 42.5 Å². The molecule has 28 heavy (non-hydrogen) atoms. The minimum atomic E-state index is -0.0225. The van der Waals surface area contributed by atoms with Gasteiger partial charge in [0.15, 0.2) is 5.78 Å². The molecule has 0 spiro atoms. The van der Waals surface area contributed by atoms with Crippen LogP contribution in [0.25, 0.3) is 0 Å². The zero-order chi connectivity index (χ0) is 18.9. The first-order chi connectivity index (χ1) is 13.8. The molecule has 0 unspecified atom stereocenters. The molecule has 2 heterocycles. The van der Waals surface area contributed by atoms with Gasteiger partial charge < -0.3 is 9.47 Å². The Labute approximate surface area is 165 Å². The van der Waals surface area contributed by atoms with Gasteiger partial charge in [0.25, 0.3) is 0 Å². The lowest BCUT2D eigenvalue weighted by atomic mass is 9.92. The van der Waals surface area contributed by atoms with Crippen molar-refractivity contribution in [1.82, 2.24) is 4.90 Å². The minimum Gasteiger partial charge on any atom is -0.369 e. The summed E-state index contributed by atoms with van der Waals surface area (Å²) in [5.41, 5.74) is 3.62. The second-order valence-electron chi connectivity index (χ2n) is 8.01. The van der Waals surface area contributed by atoms with Crippen molar-refractivity contribution >= 4 is 5.78 Å². The van der Waals surface area contributed by atoms with Crippen LogP contribution in [-0.2, 0) is 27.5 Å². The Balaban J connectivity index is 1.32. The molecule has 0 bridgehead atoms. The molecule has 1 aliphatic carbocycles. The number of hydrogen-bond acceptors (Lipinski definition) is 4. The Morgan fingerprint density at radius 3 is 2.21 bits per heavy atom. The van der Waals surface area contributed by atoms with Gasteiger partial charge in [0.1, 0.15) is 6.10 Å².